The maximum Gasteiger partial charge on any atom is 0.243 e. The summed E-state index contributed by atoms with van der Waals surface area (Å²) in [5.41, 5.74) is 0.386. The van der Waals surface area contributed by atoms with Crippen molar-refractivity contribution in [3.63, 3.8) is 0 Å². The molecule has 0 aromatic heterocycles. The Kier molecular flexibility index (Phi) is 6.37. The summed E-state index contributed by atoms with van der Waals surface area (Å²) in [6, 6.07) is 10.0. The molecule has 0 spiro atoms. The van der Waals surface area contributed by atoms with Crippen molar-refractivity contribution < 1.29 is 27.1 Å². The molecule has 1 N–H and O–H groups in total. The van der Waals surface area contributed by atoms with Crippen LogP contribution in [-0.4, -0.2) is 44.4 Å². The lowest BCUT2D eigenvalue weighted by Gasteiger charge is -2.39. The van der Waals surface area contributed by atoms with Crippen molar-refractivity contribution in [3.8, 4) is 11.5 Å². The number of ether oxygens (including phenoxy) is 2. The second-order valence-electron chi connectivity index (χ2n) is 9.19. The number of nitrogens with one attached hydrogen (secondary N) is 1. The van der Waals surface area contributed by atoms with Gasteiger partial charge in [-0.2, -0.15) is 4.31 Å². The van der Waals surface area contributed by atoms with E-state index in [2.05, 4.69) is 5.32 Å². The third-order valence-corrected chi connectivity index (χ3v) is 8.08. The van der Waals surface area contributed by atoms with E-state index >= 15 is 0 Å². The van der Waals surface area contributed by atoms with Gasteiger partial charge >= 0.3 is 0 Å². The van der Waals surface area contributed by atoms with Gasteiger partial charge in [-0.05, 0) is 63.1 Å². The van der Waals surface area contributed by atoms with Gasteiger partial charge in [-0.25, -0.2) is 12.8 Å². The normalized spacial score (nSPS) is 22.7. The summed E-state index contributed by atoms with van der Waals surface area (Å²) >= 11 is 0. The molecule has 2 aromatic rings. The molecule has 0 aliphatic carbocycles. The van der Waals surface area contributed by atoms with Crippen LogP contribution in [0.25, 0.3) is 0 Å². The maximum absolute atomic E-state index is 13.2. The average Bonchev–Trinajstić information content (AvgIpc) is 2.78. The molecule has 2 aliphatic heterocycles. The fraction of sp³-hybridized carbons (Fsp3) is 0.458. The summed E-state index contributed by atoms with van der Waals surface area (Å²) in [5.74, 6) is 0.188. The number of amides is 1. The SMILES string of the molecule is COc1ccc2c(c1)OC(C)(C)CC2NC(=O)C1CCCN(S(=O)(=O)c2ccc(F)cc2)C1. The van der Waals surface area contributed by atoms with Crippen LogP contribution < -0.4 is 14.8 Å². The maximum atomic E-state index is 13.2. The average molecular weight is 477 g/mol. The number of nitrogens with zero attached hydrogens (tertiary/aromatic N) is 1. The minimum Gasteiger partial charge on any atom is -0.497 e. The highest BCUT2D eigenvalue weighted by molar-refractivity contribution is 7.89. The molecule has 1 saturated heterocycles. The molecule has 2 aliphatic rings. The molecule has 0 radical (unpaired) electrons. The number of hydrogen-bond donors (Lipinski definition) is 1. The largest absolute Gasteiger partial charge is 0.497 e. The lowest BCUT2D eigenvalue weighted by atomic mass is 9.88. The van der Waals surface area contributed by atoms with Gasteiger partial charge < -0.3 is 14.8 Å². The first-order chi connectivity index (χ1) is 15.6. The molecular weight excluding hydrogens is 447 g/mol. The minimum atomic E-state index is -3.80. The predicted molar refractivity (Wildman–Crippen MR) is 121 cm³/mol. The van der Waals surface area contributed by atoms with Crippen molar-refractivity contribution in [1.29, 1.82) is 0 Å². The Morgan fingerprint density at radius 1 is 1.21 bits per heavy atom. The Labute approximate surface area is 193 Å². The van der Waals surface area contributed by atoms with Crippen molar-refractivity contribution in [2.24, 2.45) is 5.92 Å². The Hall–Kier alpha value is -2.65. The monoisotopic (exact) mass is 476 g/mol. The van der Waals surface area contributed by atoms with Gasteiger partial charge in [0.1, 0.15) is 22.9 Å². The summed E-state index contributed by atoms with van der Waals surface area (Å²) in [4.78, 5) is 13.2. The number of hydrogen-bond acceptors (Lipinski definition) is 5. The highest BCUT2D eigenvalue weighted by Crippen LogP contribution is 2.41. The van der Waals surface area contributed by atoms with E-state index in [1.165, 1.54) is 16.4 Å². The molecule has 9 heteroatoms. The fourth-order valence-electron chi connectivity index (χ4n) is 4.51. The predicted octanol–water partition coefficient (Wildman–Crippen LogP) is 3.65. The summed E-state index contributed by atoms with van der Waals surface area (Å²) < 4.78 is 52.0. The van der Waals surface area contributed by atoms with Crippen LogP contribution in [0.2, 0.25) is 0 Å². The Morgan fingerprint density at radius 3 is 2.64 bits per heavy atom. The van der Waals surface area contributed by atoms with E-state index in [0.29, 0.717) is 37.3 Å². The third kappa shape index (κ3) is 4.99. The number of methoxy groups -OCH3 is 1. The molecule has 4 rings (SSSR count). The first-order valence-corrected chi connectivity index (χ1v) is 12.5. The van der Waals surface area contributed by atoms with Crippen molar-refractivity contribution in [1.82, 2.24) is 9.62 Å². The molecule has 2 unspecified atom stereocenters. The van der Waals surface area contributed by atoms with Gasteiger partial charge in [-0.1, -0.05) is 0 Å². The molecule has 178 valence electrons. The Balaban J connectivity index is 1.50. The second-order valence-corrected chi connectivity index (χ2v) is 11.1. The van der Waals surface area contributed by atoms with Crippen LogP contribution in [0.5, 0.6) is 11.5 Å². The molecular formula is C24H29FN2O5S. The molecule has 2 aromatic carbocycles. The number of benzene rings is 2. The summed E-state index contributed by atoms with van der Waals surface area (Å²) in [6.45, 7) is 4.35. The van der Waals surface area contributed by atoms with Gasteiger partial charge in [0.05, 0.1) is 24.0 Å². The van der Waals surface area contributed by atoms with Crippen molar-refractivity contribution in [2.45, 2.75) is 49.6 Å². The summed E-state index contributed by atoms with van der Waals surface area (Å²) in [5, 5.41) is 3.13. The molecule has 1 fully saturated rings. The minimum absolute atomic E-state index is 0.0269. The molecule has 2 atom stereocenters. The van der Waals surface area contributed by atoms with Gasteiger partial charge in [-0.3, -0.25) is 4.79 Å². The van der Waals surface area contributed by atoms with Crippen LogP contribution in [0.4, 0.5) is 4.39 Å². The molecule has 2 heterocycles. The number of rotatable bonds is 5. The highest BCUT2D eigenvalue weighted by Gasteiger charge is 2.38. The first kappa shape index (κ1) is 23.5. The van der Waals surface area contributed by atoms with Crippen LogP contribution in [-0.2, 0) is 14.8 Å². The number of sulfonamides is 1. The quantitative estimate of drug-likeness (QED) is 0.712. The van der Waals surface area contributed by atoms with E-state index in [9.17, 15) is 17.6 Å². The van der Waals surface area contributed by atoms with Gasteiger partial charge in [0.15, 0.2) is 0 Å². The third-order valence-electron chi connectivity index (χ3n) is 6.20. The standard InChI is InChI=1S/C24H29FN2O5S/c1-24(2)14-21(20-11-8-18(31-3)13-22(20)32-24)26-23(28)16-5-4-12-27(15-16)33(29,30)19-9-6-17(25)7-10-19/h6-11,13,16,21H,4-5,12,14-15H2,1-3H3,(H,26,28). The van der Waals surface area contributed by atoms with Gasteiger partial charge in [0.25, 0.3) is 0 Å². The van der Waals surface area contributed by atoms with E-state index < -0.39 is 27.4 Å². The molecule has 0 saturated carbocycles. The lowest BCUT2D eigenvalue weighted by molar-refractivity contribution is -0.127. The zero-order chi connectivity index (χ0) is 23.8. The first-order valence-electron chi connectivity index (χ1n) is 11.0. The van der Waals surface area contributed by atoms with E-state index in [1.807, 2.05) is 32.0 Å². The zero-order valence-corrected chi connectivity index (χ0v) is 19.8. The molecule has 1 amide bonds. The number of carbonyl (C=O) groups excluding carboxylic acids is 1. The highest BCUT2D eigenvalue weighted by atomic mass is 32.2. The van der Waals surface area contributed by atoms with Gasteiger partial charge in [0, 0.05) is 31.1 Å². The van der Waals surface area contributed by atoms with E-state index in [1.54, 1.807) is 7.11 Å². The summed E-state index contributed by atoms with van der Waals surface area (Å²) in [6.07, 6.45) is 1.76. The molecule has 0 bridgehead atoms. The van der Waals surface area contributed by atoms with Crippen LogP contribution >= 0.6 is 0 Å². The molecule has 33 heavy (non-hydrogen) atoms. The van der Waals surface area contributed by atoms with Crippen LogP contribution in [0.3, 0.4) is 0 Å². The van der Waals surface area contributed by atoms with Crippen LogP contribution in [0.1, 0.15) is 44.7 Å². The number of piperidine rings is 1. The van der Waals surface area contributed by atoms with Crippen molar-refractivity contribution >= 4 is 15.9 Å². The second kappa shape index (κ2) is 8.95. The Morgan fingerprint density at radius 2 is 1.94 bits per heavy atom. The van der Waals surface area contributed by atoms with Crippen LogP contribution in [0.15, 0.2) is 47.4 Å². The van der Waals surface area contributed by atoms with Gasteiger partial charge in [-0.15, -0.1) is 0 Å². The van der Waals surface area contributed by atoms with Crippen LogP contribution in [0, 0.1) is 11.7 Å². The van der Waals surface area contributed by atoms with E-state index in [-0.39, 0.29) is 23.4 Å². The number of fused-ring (bicyclic) bond motifs is 1. The Bertz CT molecular complexity index is 1130. The number of carbonyl (C=O) groups is 1. The van der Waals surface area contributed by atoms with E-state index in [4.69, 9.17) is 9.47 Å². The fourth-order valence-corrected chi connectivity index (χ4v) is 6.03. The zero-order valence-electron chi connectivity index (χ0n) is 19.0. The van der Waals surface area contributed by atoms with E-state index in [0.717, 1.165) is 17.7 Å². The number of halogens is 1. The lowest BCUT2D eigenvalue weighted by Crippen LogP contribution is -2.48. The molecule has 7 nitrogen and oxygen atoms in total. The van der Waals surface area contributed by atoms with Gasteiger partial charge in [0.2, 0.25) is 15.9 Å². The van der Waals surface area contributed by atoms with Crippen molar-refractivity contribution in [3.05, 3.63) is 53.8 Å². The van der Waals surface area contributed by atoms with Crippen molar-refractivity contribution in [2.75, 3.05) is 20.2 Å². The smallest absolute Gasteiger partial charge is 0.243 e. The topological polar surface area (TPSA) is 84.9 Å². The summed E-state index contributed by atoms with van der Waals surface area (Å²) in [7, 11) is -2.21.